The fraction of sp³-hybridized carbons (Fsp3) is 0.600. The third-order valence-electron chi connectivity index (χ3n) is 3.75. The Morgan fingerprint density at radius 1 is 1.35 bits per heavy atom. The molecule has 2 heteroatoms. The Morgan fingerprint density at radius 2 is 2.06 bits per heavy atom. The Morgan fingerprint density at radius 3 is 2.59 bits per heavy atom. The summed E-state index contributed by atoms with van der Waals surface area (Å²) in [5.41, 5.74) is 2.74. The van der Waals surface area contributed by atoms with Crippen LogP contribution in [-0.4, -0.2) is 25.8 Å². The second-order valence-corrected chi connectivity index (χ2v) is 5.22. The van der Waals surface area contributed by atoms with Crippen molar-refractivity contribution >= 4 is 0 Å². The van der Waals surface area contributed by atoms with Crippen molar-refractivity contribution in [2.45, 2.75) is 38.8 Å². The molecule has 2 rings (SSSR count). The highest BCUT2D eigenvalue weighted by molar-refractivity contribution is 5.22. The van der Waals surface area contributed by atoms with E-state index in [0.29, 0.717) is 18.1 Å². The van der Waals surface area contributed by atoms with E-state index in [1.165, 1.54) is 17.5 Å². The molecule has 3 atom stereocenters. The summed E-state index contributed by atoms with van der Waals surface area (Å²) in [6.45, 7) is 5.20. The fourth-order valence-electron chi connectivity index (χ4n) is 2.61. The molecule has 1 aromatic rings. The average Bonchev–Trinajstić information content (AvgIpc) is 2.75. The number of hydrogen-bond donors (Lipinski definition) is 1. The minimum Gasteiger partial charge on any atom is -0.378 e. The van der Waals surface area contributed by atoms with Crippen LogP contribution < -0.4 is 5.32 Å². The van der Waals surface area contributed by atoms with Gasteiger partial charge < -0.3 is 10.1 Å². The molecule has 3 unspecified atom stereocenters. The van der Waals surface area contributed by atoms with Gasteiger partial charge in [0.05, 0.1) is 12.7 Å². The van der Waals surface area contributed by atoms with Crippen molar-refractivity contribution < 1.29 is 4.74 Å². The lowest BCUT2D eigenvalue weighted by atomic mass is 9.91. The van der Waals surface area contributed by atoms with Crippen molar-refractivity contribution in [1.82, 2.24) is 5.32 Å². The number of benzene rings is 1. The lowest BCUT2D eigenvalue weighted by Crippen LogP contribution is -2.36. The molecule has 0 spiro atoms. The predicted octanol–water partition coefficient (Wildman–Crippen LogP) is 2.55. The van der Waals surface area contributed by atoms with E-state index in [2.05, 4.69) is 50.5 Å². The van der Waals surface area contributed by atoms with Gasteiger partial charge in [-0.1, -0.05) is 29.8 Å². The normalized spacial score (nSPS) is 26.1. The Kier molecular flexibility index (Phi) is 4.19. The molecule has 0 saturated carbocycles. The Hall–Kier alpha value is -0.860. The summed E-state index contributed by atoms with van der Waals surface area (Å²) in [6.07, 6.45) is 2.70. The largest absolute Gasteiger partial charge is 0.378 e. The zero-order chi connectivity index (χ0) is 12.3. The highest BCUT2D eigenvalue weighted by Gasteiger charge is 2.28. The molecule has 94 valence electrons. The molecule has 1 aliphatic heterocycles. The van der Waals surface area contributed by atoms with Gasteiger partial charge in [-0.25, -0.2) is 0 Å². The average molecular weight is 233 g/mol. The van der Waals surface area contributed by atoms with Crippen LogP contribution in [-0.2, 0) is 11.2 Å². The van der Waals surface area contributed by atoms with Crippen molar-refractivity contribution in [1.29, 1.82) is 0 Å². The number of rotatable bonds is 4. The fourth-order valence-corrected chi connectivity index (χ4v) is 2.61. The predicted molar refractivity (Wildman–Crippen MR) is 71.3 cm³/mol. The van der Waals surface area contributed by atoms with E-state index in [0.717, 1.165) is 13.0 Å². The second-order valence-electron chi connectivity index (χ2n) is 5.22. The molecule has 0 aliphatic carbocycles. The third kappa shape index (κ3) is 3.30. The van der Waals surface area contributed by atoms with Crippen LogP contribution in [0.25, 0.3) is 0 Å². The molecular weight excluding hydrogens is 210 g/mol. The first-order valence-corrected chi connectivity index (χ1v) is 6.53. The van der Waals surface area contributed by atoms with Crippen molar-refractivity contribution in [3.05, 3.63) is 35.4 Å². The summed E-state index contributed by atoms with van der Waals surface area (Å²) in [4.78, 5) is 0. The lowest BCUT2D eigenvalue weighted by molar-refractivity contribution is 0.117. The minimum atomic E-state index is 0.425. The first-order valence-electron chi connectivity index (χ1n) is 6.53. The van der Waals surface area contributed by atoms with Gasteiger partial charge in [0.15, 0.2) is 0 Å². The van der Waals surface area contributed by atoms with Gasteiger partial charge >= 0.3 is 0 Å². The molecule has 0 amide bonds. The van der Waals surface area contributed by atoms with E-state index in [-0.39, 0.29) is 0 Å². The maximum atomic E-state index is 5.67. The summed E-state index contributed by atoms with van der Waals surface area (Å²) >= 11 is 0. The SMILES string of the molecule is CNC(Cc1ccc(C)cc1)C1COC(C)C1. The second kappa shape index (κ2) is 5.65. The summed E-state index contributed by atoms with van der Waals surface area (Å²) in [7, 11) is 2.06. The van der Waals surface area contributed by atoms with Crippen LogP contribution in [0.5, 0.6) is 0 Å². The first-order chi connectivity index (χ1) is 8.19. The van der Waals surface area contributed by atoms with E-state index in [1.54, 1.807) is 0 Å². The Labute approximate surface area is 104 Å². The number of hydrogen-bond acceptors (Lipinski definition) is 2. The Bertz CT molecular complexity index is 346. The third-order valence-corrected chi connectivity index (χ3v) is 3.75. The zero-order valence-electron chi connectivity index (χ0n) is 11.1. The molecule has 0 bridgehead atoms. The maximum absolute atomic E-state index is 5.67. The van der Waals surface area contributed by atoms with E-state index >= 15 is 0 Å². The molecule has 1 aromatic carbocycles. The quantitative estimate of drug-likeness (QED) is 0.863. The van der Waals surface area contributed by atoms with Crippen LogP contribution in [0.1, 0.15) is 24.5 Å². The number of nitrogens with one attached hydrogen (secondary N) is 1. The monoisotopic (exact) mass is 233 g/mol. The molecule has 1 heterocycles. The van der Waals surface area contributed by atoms with E-state index in [4.69, 9.17) is 4.74 Å². The van der Waals surface area contributed by atoms with Crippen LogP contribution >= 0.6 is 0 Å². The molecule has 0 radical (unpaired) electrons. The van der Waals surface area contributed by atoms with Crippen molar-refractivity contribution in [2.24, 2.45) is 5.92 Å². The molecule has 1 N–H and O–H groups in total. The number of likely N-dealkylation sites (N-methyl/N-ethyl adjacent to an activating group) is 1. The van der Waals surface area contributed by atoms with Gasteiger partial charge in [0.2, 0.25) is 0 Å². The highest BCUT2D eigenvalue weighted by Crippen LogP contribution is 2.24. The van der Waals surface area contributed by atoms with Gasteiger partial charge in [-0.2, -0.15) is 0 Å². The minimum absolute atomic E-state index is 0.425. The maximum Gasteiger partial charge on any atom is 0.0551 e. The van der Waals surface area contributed by atoms with E-state index < -0.39 is 0 Å². The number of aryl methyl sites for hydroxylation is 1. The highest BCUT2D eigenvalue weighted by atomic mass is 16.5. The summed E-state index contributed by atoms with van der Waals surface area (Å²) in [5.74, 6) is 0.649. The lowest BCUT2D eigenvalue weighted by Gasteiger charge is -2.22. The van der Waals surface area contributed by atoms with Gasteiger partial charge in [0.1, 0.15) is 0 Å². The van der Waals surface area contributed by atoms with Crippen LogP contribution in [0.4, 0.5) is 0 Å². The van der Waals surface area contributed by atoms with Crippen LogP contribution in [0.15, 0.2) is 24.3 Å². The van der Waals surface area contributed by atoms with Gasteiger partial charge in [-0.15, -0.1) is 0 Å². The van der Waals surface area contributed by atoms with Crippen molar-refractivity contribution in [3.8, 4) is 0 Å². The molecule has 17 heavy (non-hydrogen) atoms. The summed E-state index contributed by atoms with van der Waals surface area (Å²) in [6, 6.07) is 9.38. The molecule has 1 aliphatic rings. The summed E-state index contributed by atoms with van der Waals surface area (Å²) < 4.78 is 5.67. The standard InChI is InChI=1S/C15H23NO/c1-11-4-6-13(7-5-11)9-15(16-3)14-8-12(2)17-10-14/h4-7,12,14-16H,8-10H2,1-3H3. The topological polar surface area (TPSA) is 21.3 Å². The van der Waals surface area contributed by atoms with E-state index in [1.807, 2.05) is 0 Å². The van der Waals surface area contributed by atoms with Gasteiger partial charge in [0.25, 0.3) is 0 Å². The first kappa shape index (κ1) is 12.6. The van der Waals surface area contributed by atoms with Gasteiger partial charge in [-0.3, -0.25) is 0 Å². The van der Waals surface area contributed by atoms with Crippen molar-refractivity contribution in [2.75, 3.05) is 13.7 Å². The molecule has 0 aromatic heterocycles. The number of ether oxygens (including phenoxy) is 1. The van der Waals surface area contributed by atoms with Crippen LogP contribution in [0.3, 0.4) is 0 Å². The van der Waals surface area contributed by atoms with Gasteiger partial charge in [-0.05, 0) is 39.3 Å². The summed E-state index contributed by atoms with van der Waals surface area (Å²) in [5, 5.41) is 3.45. The van der Waals surface area contributed by atoms with Crippen molar-refractivity contribution in [3.63, 3.8) is 0 Å². The smallest absolute Gasteiger partial charge is 0.0551 e. The zero-order valence-corrected chi connectivity index (χ0v) is 11.1. The van der Waals surface area contributed by atoms with E-state index in [9.17, 15) is 0 Å². The van der Waals surface area contributed by atoms with Crippen LogP contribution in [0.2, 0.25) is 0 Å². The Balaban J connectivity index is 1.97. The molecule has 1 fully saturated rings. The molecule has 2 nitrogen and oxygen atoms in total. The molecule has 1 saturated heterocycles. The molecular formula is C15H23NO. The van der Waals surface area contributed by atoms with Crippen LogP contribution in [0, 0.1) is 12.8 Å². The van der Waals surface area contributed by atoms with Gasteiger partial charge in [0, 0.05) is 12.0 Å².